The van der Waals surface area contributed by atoms with Crippen LogP contribution in [0.3, 0.4) is 0 Å². The standard InChI is InChI=1S/Li.Mn.O.Sc.V/q+1;+2;-2;+3;+5. The fourth-order valence-corrected chi connectivity index (χ4v) is 0. The number of rotatable bonds is 0. The van der Waals surface area contributed by atoms with Crippen LogP contribution in [0.15, 0.2) is 0 Å². The molecule has 0 aliphatic carbocycles. The third kappa shape index (κ3) is 20.9. The molecule has 0 atom stereocenters. The van der Waals surface area contributed by atoms with Gasteiger partial charge in [0.2, 0.25) is 0 Å². The zero-order valence-corrected chi connectivity index (χ0v) is 7.19. The third-order valence-corrected chi connectivity index (χ3v) is 0. The first-order valence-electron chi connectivity index (χ1n) is 0. The van der Waals surface area contributed by atoms with Gasteiger partial charge in [-0.15, -0.1) is 0 Å². The van der Waals surface area contributed by atoms with E-state index in [9.17, 15) is 0 Å². The molecule has 0 rings (SSSR count). The summed E-state index contributed by atoms with van der Waals surface area (Å²) in [5.41, 5.74) is 0. The van der Waals surface area contributed by atoms with E-state index in [1.807, 2.05) is 0 Å². The monoisotopic (exact) mass is 174 g/mol. The molecule has 0 unspecified atom stereocenters. The van der Waals surface area contributed by atoms with Crippen LogP contribution in [0.5, 0.6) is 0 Å². The third-order valence-electron chi connectivity index (χ3n) is 0. The second-order valence-electron chi connectivity index (χ2n) is 0. The first-order chi connectivity index (χ1) is 0. The van der Waals surface area contributed by atoms with Crippen molar-refractivity contribution in [1.82, 2.24) is 0 Å². The van der Waals surface area contributed by atoms with E-state index in [2.05, 4.69) is 0 Å². The van der Waals surface area contributed by atoms with Crippen LogP contribution in [0.25, 0.3) is 0 Å². The van der Waals surface area contributed by atoms with E-state index in [0.717, 1.165) is 0 Å². The van der Waals surface area contributed by atoms with Crippen molar-refractivity contribution < 1.29 is 85.8 Å². The van der Waals surface area contributed by atoms with Gasteiger partial charge in [0.1, 0.15) is 0 Å². The van der Waals surface area contributed by atoms with Gasteiger partial charge in [-0.1, -0.05) is 0 Å². The molecule has 0 aliphatic heterocycles. The van der Waals surface area contributed by atoms with Crippen molar-refractivity contribution >= 4 is 0 Å². The van der Waals surface area contributed by atoms with Gasteiger partial charge in [0.05, 0.1) is 0 Å². The Kier molecular flexibility index (Phi) is 313. The van der Waals surface area contributed by atoms with E-state index in [0.29, 0.717) is 0 Å². The second kappa shape index (κ2) is 31.2. The van der Waals surface area contributed by atoms with Gasteiger partial charge in [-0.3, -0.25) is 0 Å². The largest absolute Gasteiger partial charge is 5.00 e. The van der Waals surface area contributed by atoms with Crippen molar-refractivity contribution in [3.8, 4) is 0 Å². The molecule has 13 valence electrons. The Morgan fingerprint density at radius 3 is 1.00 bits per heavy atom. The van der Waals surface area contributed by atoms with E-state index in [1.165, 1.54) is 0 Å². The molecule has 0 aliphatic rings. The van der Waals surface area contributed by atoms with E-state index in [1.54, 1.807) is 0 Å². The van der Waals surface area contributed by atoms with Crippen LogP contribution in [-0.4, -0.2) is 0 Å². The molecule has 0 bridgehead atoms. The molecule has 0 heterocycles. The first-order valence-corrected chi connectivity index (χ1v) is 0. The van der Waals surface area contributed by atoms with Gasteiger partial charge < -0.3 is 5.48 Å². The summed E-state index contributed by atoms with van der Waals surface area (Å²) in [5.74, 6) is 0. The summed E-state index contributed by atoms with van der Waals surface area (Å²) in [6, 6.07) is 0. The molecule has 0 aromatic rings. The molecule has 0 saturated carbocycles. The second-order valence-corrected chi connectivity index (χ2v) is 0. The van der Waals surface area contributed by atoms with Gasteiger partial charge in [0.15, 0.2) is 0 Å². The van der Waals surface area contributed by atoms with Crippen molar-refractivity contribution in [2.45, 2.75) is 0 Å². The summed E-state index contributed by atoms with van der Waals surface area (Å²) in [6.45, 7) is 0. The molecule has 0 N–H and O–H groups in total. The molecule has 5 heteroatoms. The minimum Gasteiger partial charge on any atom is -2.00 e. The van der Waals surface area contributed by atoms with Crippen molar-refractivity contribution in [3.05, 3.63) is 0 Å². The van der Waals surface area contributed by atoms with E-state index < -0.39 is 0 Å². The summed E-state index contributed by atoms with van der Waals surface area (Å²) in [4.78, 5) is 0. The van der Waals surface area contributed by atoms with Crippen LogP contribution < -0.4 is 18.9 Å². The first kappa shape index (κ1) is 50.1. The van der Waals surface area contributed by atoms with E-state index >= 15 is 0 Å². The average molecular weight is 174 g/mol. The zero-order valence-electron chi connectivity index (χ0n) is 2.81. The Morgan fingerprint density at radius 1 is 1.00 bits per heavy atom. The molecule has 0 saturated heterocycles. The van der Waals surface area contributed by atoms with Crippen molar-refractivity contribution in [1.29, 1.82) is 0 Å². The Labute approximate surface area is 84.7 Å². The van der Waals surface area contributed by atoms with Crippen LogP contribution in [0.2, 0.25) is 0 Å². The van der Waals surface area contributed by atoms with Gasteiger partial charge in [-0.05, 0) is 0 Å². The van der Waals surface area contributed by atoms with Crippen molar-refractivity contribution in [2.24, 2.45) is 0 Å². The molecule has 1 radical (unpaired) electrons. The average Bonchev–Trinajstić information content (AvgIpc) is 0. The fraction of sp³-hybridized carbons (Fsp3) is 0. The Hall–Kier alpha value is 2.53. The smallest absolute Gasteiger partial charge is 2.00 e. The molecule has 0 aromatic carbocycles. The van der Waals surface area contributed by atoms with Gasteiger partial charge in [-0.2, -0.15) is 0 Å². The van der Waals surface area contributed by atoms with E-state index in [4.69, 9.17) is 0 Å². The van der Waals surface area contributed by atoms with Crippen LogP contribution in [0.4, 0.5) is 0 Å². The maximum atomic E-state index is 0. The predicted molar refractivity (Wildman–Crippen MR) is 0.686 cm³/mol. The molecule has 5 heavy (non-hydrogen) atoms. The summed E-state index contributed by atoms with van der Waals surface area (Å²) in [7, 11) is 0. The van der Waals surface area contributed by atoms with Gasteiger partial charge in [-0.25, -0.2) is 0 Å². The van der Waals surface area contributed by atoms with Crippen LogP contribution >= 0.6 is 0 Å². The molecule has 0 amide bonds. The Bertz CT molecular complexity index is 11.6. The number of hydrogen-bond donors (Lipinski definition) is 0. The van der Waals surface area contributed by atoms with E-state index in [-0.39, 0.29) is 85.8 Å². The predicted octanol–water partition coefficient (Wildman–Crippen LogP) is -3.12. The number of hydrogen-bond acceptors (Lipinski definition) is 0. The summed E-state index contributed by atoms with van der Waals surface area (Å²) in [5, 5.41) is 0. The maximum Gasteiger partial charge on any atom is 5.00 e. The van der Waals surface area contributed by atoms with Crippen molar-refractivity contribution in [3.63, 3.8) is 0 Å². The summed E-state index contributed by atoms with van der Waals surface area (Å²) in [6.07, 6.45) is 0. The molecule has 0 aromatic heterocycles. The Balaban J connectivity index is 0. The quantitative estimate of drug-likeness (QED) is 0.347. The van der Waals surface area contributed by atoms with Gasteiger partial charge in [0, 0.05) is 0 Å². The minimum atomic E-state index is 0. The molecule has 0 fully saturated rings. The molecule has 1 nitrogen and oxygen atoms in total. The summed E-state index contributed by atoms with van der Waals surface area (Å²) >= 11 is 0. The van der Waals surface area contributed by atoms with Crippen LogP contribution in [-0.2, 0) is 66.9 Å². The maximum absolute atomic E-state index is 0. The normalized spacial score (nSPS) is 0. The van der Waals surface area contributed by atoms with Gasteiger partial charge >= 0.3 is 80.3 Å². The zero-order chi connectivity index (χ0) is 0. The van der Waals surface area contributed by atoms with Gasteiger partial charge in [0.25, 0.3) is 0 Å². The molecular formula is LiMnOScV+9. The summed E-state index contributed by atoms with van der Waals surface area (Å²) < 4.78 is 0. The van der Waals surface area contributed by atoms with Crippen molar-refractivity contribution in [2.75, 3.05) is 0 Å². The topological polar surface area (TPSA) is 28.5 Å². The fourth-order valence-electron chi connectivity index (χ4n) is 0. The molecular weight excluding hydrogens is 174 g/mol. The minimum absolute atomic E-state index is 0. The van der Waals surface area contributed by atoms with Crippen LogP contribution in [0.1, 0.15) is 0 Å². The van der Waals surface area contributed by atoms with Crippen LogP contribution in [0, 0.1) is 0 Å². The Morgan fingerprint density at radius 2 is 1.00 bits per heavy atom. The molecule has 0 spiro atoms. The SMILES string of the molecule is [Li+].[Mn+2].[O-2].[Sc+3].[V+5].